The Hall–Kier alpha value is -4.20. The summed E-state index contributed by atoms with van der Waals surface area (Å²) < 4.78 is 5.22. The van der Waals surface area contributed by atoms with Gasteiger partial charge in [0, 0.05) is 11.8 Å². The Balaban J connectivity index is 1.68. The summed E-state index contributed by atoms with van der Waals surface area (Å²) in [6, 6.07) is 36.4. The molecule has 0 aliphatic carbocycles. The third kappa shape index (κ3) is 5.74. The van der Waals surface area contributed by atoms with Crippen molar-refractivity contribution in [2.75, 3.05) is 7.11 Å². The summed E-state index contributed by atoms with van der Waals surface area (Å²) in [7, 11) is 1.66. The van der Waals surface area contributed by atoms with Gasteiger partial charge in [-0.3, -0.25) is 4.99 Å². The third-order valence-corrected chi connectivity index (χ3v) is 5.36. The Kier molecular flexibility index (Phi) is 7.27. The van der Waals surface area contributed by atoms with Crippen LogP contribution >= 0.6 is 0 Å². The zero-order valence-corrected chi connectivity index (χ0v) is 18.8. The lowest BCUT2D eigenvalue weighted by Crippen LogP contribution is -1.93. The Morgan fingerprint density at radius 2 is 1.33 bits per heavy atom. The lowest BCUT2D eigenvalue weighted by atomic mass is 9.99. The SMILES string of the molecule is COc1ccc(C=N[C@@H](C)c2ccccc2N=C=C(c2ccccc2)c2ccccc2)cc1. The number of hydrogen-bond acceptors (Lipinski definition) is 3. The van der Waals surface area contributed by atoms with E-state index in [0.29, 0.717) is 0 Å². The third-order valence-electron chi connectivity index (χ3n) is 5.36. The summed E-state index contributed by atoms with van der Waals surface area (Å²) in [6.45, 7) is 2.08. The van der Waals surface area contributed by atoms with Crippen molar-refractivity contribution in [3.63, 3.8) is 0 Å². The maximum absolute atomic E-state index is 5.22. The van der Waals surface area contributed by atoms with Crippen LogP contribution in [0.5, 0.6) is 5.75 Å². The fourth-order valence-electron chi connectivity index (χ4n) is 3.53. The Bertz CT molecular complexity index is 1230. The monoisotopic (exact) mass is 430 g/mol. The van der Waals surface area contributed by atoms with Gasteiger partial charge in [0.15, 0.2) is 0 Å². The minimum atomic E-state index is -0.0502. The second-order valence-electron chi connectivity index (χ2n) is 7.62. The van der Waals surface area contributed by atoms with Crippen molar-refractivity contribution in [2.45, 2.75) is 13.0 Å². The molecule has 0 heterocycles. The first-order valence-electron chi connectivity index (χ1n) is 11.0. The molecule has 0 amide bonds. The summed E-state index contributed by atoms with van der Waals surface area (Å²) in [5.41, 5.74) is 6.06. The highest BCUT2D eigenvalue weighted by atomic mass is 16.5. The number of para-hydroxylation sites is 1. The van der Waals surface area contributed by atoms with E-state index in [1.807, 2.05) is 85.1 Å². The van der Waals surface area contributed by atoms with Crippen LogP contribution in [0.4, 0.5) is 5.69 Å². The van der Waals surface area contributed by atoms with Crippen LogP contribution in [0.2, 0.25) is 0 Å². The van der Waals surface area contributed by atoms with Crippen LogP contribution in [-0.2, 0) is 0 Å². The van der Waals surface area contributed by atoms with Crippen molar-refractivity contribution in [3.05, 3.63) is 131 Å². The van der Waals surface area contributed by atoms with Crippen LogP contribution in [0.25, 0.3) is 5.57 Å². The fraction of sp³-hybridized carbons (Fsp3) is 0.100. The molecule has 0 radical (unpaired) electrons. The molecule has 0 aliphatic rings. The average molecular weight is 431 g/mol. The van der Waals surface area contributed by atoms with E-state index >= 15 is 0 Å². The number of hydrogen-bond donors (Lipinski definition) is 0. The Morgan fingerprint density at radius 1 is 0.758 bits per heavy atom. The van der Waals surface area contributed by atoms with Crippen LogP contribution in [0.3, 0.4) is 0 Å². The van der Waals surface area contributed by atoms with Gasteiger partial charge in [-0.15, -0.1) is 0 Å². The number of ether oxygens (including phenoxy) is 1. The maximum atomic E-state index is 5.22. The molecule has 3 nitrogen and oxygen atoms in total. The number of benzene rings is 4. The molecule has 0 saturated heterocycles. The van der Waals surface area contributed by atoms with E-state index in [1.54, 1.807) is 7.11 Å². The first-order valence-corrected chi connectivity index (χ1v) is 11.0. The summed E-state index contributed by atoms with van der Waals surface area (Å²) in [5.74, 6) is 4.16. The highest BCUT2D eigenvalue weighted by Crippen LogP contribution is 2.28. The van der Waals surface area contributed by atoms with Crippen LogP contribution in [0.15, 0.2) is 119 Å². The Morgan fingerprint density at radius 3 is 1.94 bits per heavy atom. The number of methoxy groups -OCH3 is 1. The average Bonchev–Trinajstić information content (AvgIpc) is 2.89. The predicted molar refractivity (Wildman–Crippen MR) is 138 cm³/mol. The van der Waals surface area contributed by atoms with Gasteiger partial charge in [-0.05, 0) is 59.8 Å². The molecule has 0 bridgehead atoms. The lowest BCUT2D eigenvalue weighted by molar-refractivity contribution is 0.415. The molecule has 0 N–H and O–H groups in total. The van der Waals surface area contributed by atoms with Gasteiger partial charge < -0.3 is 4.74 Å². The lowest BCUT2D eigenvalue weighted by Gasteiger charge is -2.10. The number of nitrogens with zero attached hydrogens (tertiary/aromatic N) is 2. The van der Waals surface area contributed by atoms with E-state index < -0.39 is 0 Å². The molecule has 4 aromatic carbocycles. The minimum Gasteiger partial charge on any atom is -0.497 e. The van der Waals surface area contributed by atoms with E-state index in [9.17, 15) is 0 Å². The first-order chi connectivity index (χ1) is 16.2. The van der Waals surface area contributed by atoms with Crippen molar-refractivity contribution in [1.29, 1.82) is 0 Å². The van der Waals surface area contributed by atoms with E-state index in [1.165, 1.54) is 0 Å². The maximum Gasteiger partial charge on any atom is 0.118 e. The molecule has 0 aliphatic heterocycles. The van der Waals surface area contributed by atoms with Crippen molar-refractivity contribution >= 4 is 23.3 Å². The normalized spacial score (nSPS) is 11.6. The van der Waals surface area contributed by atoms with Gasteiger partial charge >= 0.3 is 0 Å². The van der Waals surface area contributed by atoms with E-state index in [-0.39, 0.29) is 6.04 Å². The summed E-state index contributed by atoms with van der Waals surface area (Å²) >= 11 is 0. The van der Waals surface area contributed by atoms with Gasteiger partial charge in [0.2, 0.25) is 0 Å². The van der Waals surface area contributed by atoms with Gasteiger partial charge in [-0.1, -0.05) is 78.9 Å². The zero-order valence-electron chi connectivity index (χ0n) is 18.8. The molecule has 33 heavy (non-hydrogen) atoms. The molecule has 4 rings (SSSR count). The molecule has 4 aromatic rings. The highest BCUT2D eigenvalue weighted by Gasteiger charge is 2.09. The summed E-state index contributed by atoms with van der Waals surface area (Å²) in [4.78, 5) is 9.54. The molecule has 162 valence electrons. The second kappa shape index (κ2) is 10.9. The van der Waals surface area contributed by atoms with Crippen LogP contribution in [-0.4, -0.2) is 19.2 Å². The molecular formula is C30H26N2O. The van der Waals surface area contributed by atoms with Crippen LogP contribution < -0.4 is 4.74 Å². The topological polar surface area (TPSA) is 34.0 Å². The predicted octanol–water partition coefficient (Wildman–Crippen LogP) is 7.31. The summed E-state index contributed by atoms with van der Waals surface area (Å²) in [5, 5.41) is 0. The van der Waals surface area contributed by atoms with Crippen LogP contribution in [0, 0.1) is 0 Å². The second-order valence-corrected chi connectivity index (χ2v) is 7.62. The first kappa shape index (κ1) is 22.0. The fourth-order valence-corrected chi connectivity index (χ4v) is 3.53. The molecule has 1 atom stereocenters. The van der Waals surface area contributed by atoms with Gasteiger partial charge in [-0.25, -0.2) is 4.99 Å². The van der Waals surface area contributed by atoms with E-state index in [2.05, 4.69) is 43.1 Å². The van der Waals surface area contributed by atoms with Gasteiger partial charge in [-0.2, -0.15) is 0 Å². The Labute approximate surface area is 195 Å². The molecule has 0 saturated carbocycles. The minimum absolute atomic E-state index is 0.0502. The molecule has 0 spiro atoms. The molecule has 0 aromatic heterocycles. The molecular weight excluding hydrogens is 404 g/mol. The molecule has 3 heteroatoms. The quantitative estimate of drug-likeness (QED) is 0.283. The van der Waals surface area contributed by atoms with Gasteiger partial charge in [0.25, 0.3) is 0 Å². The van der Waals surface area contributed by atoms with Gasteiger partial charge in [0.05, 0.1) is 24.4 Å². The standard InChI is InChI=1S/C30H26N2O/c1-23(31-21-24-17-19-27(33-2)20-18-24)28-15-9-10-16-30(28)32-22-29(25-11-5-3-6-12-25)26-13-7-4-8-14-26/h3-21,23H,1-2H3/t23-/m0/s1. The van der Waals surface area contributed by atoms with Crippen LogP contribution in [0.1, 0.15) is 35.2 Å². The van der Waals surface area contributed by atoms with E-state index in [0.717, 1.165) is 39.3 Å². The number of aliphatic imine (C=N–C) groups is 2. The summed E-state index contributed by atoms with van der Waals surface area (Å²) in [6.07, 6.45) is 1.89. The van der Waals surface area contributed by atoms with Crippen molar-refractivity contribution in [2.24, 2.45) is 9.98 Å². The zero-order chi connectivity index (χ0) is 22.9. The van der Waals surface area contributed by atoms with Gasteiger partial charge in [0.1, 0.15) is 5.75 Å². The highest BCUT2D eigenvalue weighted by molar-refractivity contribution is 5.99. The number of rotatable bonds is 7. The molecule has 0 unspecified atom stereocenters. The van der Waals surface area contributed by atoms with Crippen molar-refractivity contribution < 1.29 is 4.74 Å². The smallest absolute Gasteiger partial charge is 0.118 e. The largest absolute Gasteiger partial charge is 0.497 e. The van der Waals surface area contributed by atoms with Crippen molar-refractivity contribution in [1.82, 2.24) is 0 Å². The van der Waals surface area contributed by atoms with E-state index in [4.69, 9.17) is 14.7 Å². The van der Waals surface area contributed by atoms with Crippen molar-refractivity contribution in [3.8, 4) is 5.75 Å². The molecule has 0 fully saturated rings.